The second-order valence-corrected chi connectivity index (χ2v) is 10.3. The number of fused-ring (bicyclic) bond motifs is 1. The van der Waals surface area contributed by atoms with Crippen molar-refractivity contribution in [2.45, 2.75) is 38.7 Å². The number of carboxylic acids is 2. The lowest BCUT2D eigenvalue weighted by Crippen LogP contribution is -2.21. The van der Waals surface area contributed by atoms with E-state index in [1.54, 1.807) is 36.7 Å². The number of nitrogen functional groups attached to an aromatic ring is 1. The summed E-state index contributed by atoms with van der Waals surface area (Å²) in [6, 6.07) is 17.5. The first kappa shape index (κ1) is 39.4. The van der Waals surface area contributed by atoms with E-state index in [0.717, 1.165) is 22.0 Å². The highest BCUT2D eigenvalue weighted by Crippen LogP contribution is 2.36. The van der Waals surface area contributed by atoms with Gasteiger partial charge in [0.1, 0.15) is 23.4 Å². The number of nitrogens with one attached hydrogen (secondary N) is 2. The maximum atomic E-state index is 15.8. The first-order valence-electron chi connectivity index (χ1n) is 14.7. The Morgan fingerprint density at radius 3 is 2.14 bits per heavy atom. The summed E-state index contributed by atoms with van der Waals surface area (Å²) in [6.07, 6.45) is -6.16. The number of aromatic hydroxyl groups is 1. The second kappa shape index (κ2) is 16.6. The van der Waals surface area contributed by atoms with E-state index in [0.29, 0.717) is 41.5 Å². The van der Waals surface area contributed by atoms with Crippen molar-refractivity contribution < 1.29 is 60.4 Å². The maximum absolute atomic E-state index is 15.8. The fourth-order valence-corrected chi connectivity index (χ4v) is 4.43. The number of phenols is 1. The minimum absolute atomic E-state index is 0.126. The standard InChI is InChI=1S/C29H28FN5O2.2C2HF3O2/c1-3-17-13-22(26(30)25(14-17)37-4-2)27(29-33-16-23(35-29)21-7-5-6-8-24(21)36)34-19-9-10-20-18(15-19)11-12-32-28(20)31;2*3-2(4,5)1(6)7/h5-16,27,34,36H,3-4H2,1-2H3,(H2,31,32)(H,33,35);2*(H,6,7). The number of rotatable bonds is 8. The van der Waals surface area contributed by atoms with Crippen LogP contribution in [0.3, 0.4) is 0 Å². The van der Waals surface area contributed by atoms with Gasteiger partial charge in [0.05, 0.1) is 18.5 Å². The summed E-state index contributed by atoms with van der Waals surface area (Å²) in [5.41, 5.74) is 9.34. The van der Waals surface area contributed by atoms with Gasteiger partial charge in [-0.05, 0) is 66.8 Å². The van der Waals surface area contributed by atoms with Crippen LogP contribution in [0.15, 0.2) is 73.1 Å². The molecule has 2 aromatic heterocycles. The number of aromatic amines is 1. The van der Waals surface area contributed by atoms with Crippen LogP contribution in [0.5, 0.6) is 11.5 Å². The van der Waals surface area contributed by atoms with Gasteiger partial charge >= 0.3 is 24.3 Å². The highest BCUT2D eigenvalue weighted by molar-refractivity contribution is 5.93. The lowest BCUT2D eigenvalue weighted by atomic mass is 9.99. The molecule has 2 heterocycles. The largest absolute Gasteiger partial charge is 0.507 e. The fourth-order valence-electron chi connectivity index (χ4n) is 4.43. The van der Waals surface area contributed by atoms with Gasteiger partial charge in [-0.15, -0.1) is 0 Å². The van der Waals surface area contributed by atoms with Crippen molar-refractivity contribution in [1.82, 2.24) is 15.0 Å². The Bertz CT molecular complexity index is 1960. The van der Waals surface area contributed by atoms with Crippen LogP contribution in [-0.4, -0.2) is 61.2 Å². The predicted molar refractivity (Wildman–Crippen MR) is 172 cm³/mol. The number of carbonyl (C=O) groups is 2. The number of aryl methyl sites for hydroxylation is 1. The molecule has 0 fully saturated rings. The van der Waals surface area contributed by atoms with Gasteiger partial charge in [-0.3, -0.25) is 0 Å². The third-order valence-electron chi connectivity index (χ3n) is 6.80. The molecule has 0 aliphatic heterocycles. The van der Waals surface area contributed by atoms with Gasteiger partial charge in [-0.2, -0.15) is 26.3 Å². The van der Waals surface area contributed by atoms with Gasteiger partial charge < -0.3 is 36.1 Å². The molecule has 0 saturated heterocycles. The van der Waals surface area contributed by atoms with Crippen LogP contribution >= 0.6 is 0 Å². The summed E-state index contributed by atoms with van der Waals surface area (Å²) in [4.78, 5) is 29.8. The molecule has 1 unspecified atom stereocenters. The van der Waals surface area contributed by atoms with Gasteiger partial charge in [-0.1, -0.05) is 25.1 Å². The number of hydrogen-bond donors (Lipinski definition) is 6. The number of carboxylic acid groups (broad SMARTS) is 2. The van der Waals surface area contributed by atoms with Crippen LogP contribution in [0.2, 0.25) is 0 Å². The van der Waals surface area contributed by atoms with Crippen molar-refractivity contribution >= 4 is 34.2 Å². The maximum Gasteiger partial charge on any atom is 0.490 e. The zero-order chi connectivity index (χ0) is 38.1. The molecule has 0 bridgehead atoms. The Kier molecular flexibility index (Phi) is 12.8. The number of pyridine rings is 1. The first-order chi connectivity index (χ1) is 23.9. The smallest absolute Gasteiger partial charge is 0.490 e. The van der Waals surface area contributed by atoms with Gasteiger partial charge in [-0.25, -0.2) is 23.9 Å². The minimum atomic E-state index is -5.08. The average Bonchev–Trinajstić information content (AvgIpc) is 3.54. The normalized spacial score (nSPS) is 11.8. The molecule has 5 rings (SSSR count). The number of aliphatic carboxylic acids is 2. The van der Waals surface area contributed by atoms with Crippen molar-refractivity contribution in [3.63, 3.8) is 0 Å². The summed E-state index contributed by atoms with van der Waals surface area (Å²) in [5.74, 6) is -4.70. The van der Waals surface area contributed by atoms with E-state index in [2.05, 4.69) is 20.3 Å². The van der Waals surface area contributed by atoms with Crippen LogP contribution in [0, 0.1) is 5.82 Å². The van der Waals surface area contributed by atoms with Crippen molar-refractivity contribution in [3.8, 4) is 22.8 Å². The SMILES string of the molecule is CCOc1cc(CC)cc(C(Nc2ccc3c(N)nccc3c2)c2ncc(-c3ccccc3O)[nH]2)c1F.O=C(O)C(F)(F)F.O=C(O)C(F)(F)F. The number of nitrogens with zero attached hydrogens (tertiary/aromatic N) is 2. The fraction of sp³-hybridized carbons (Fsp3) is 0.212. The van der Waals surface area contributed by atoms with Crippen molar-refractivity contribution in [3.05, 3.63) is 95.8 Å². The average molecular weight is 726 g/mol. The Balaban J connectivity index is 0.000000424. The zero-order valence-electron chi connectivity index (χ0n) is 26.6. The lowest BCUT2D eigenvalue weighted by molar-refractivity contribution is -0.193. The van der Waals surface area contributed by atoms with E-state index < -0.39 is 36.2 Å². The topological polar surface area (TPSA) is 184 Å². The van der Waals surface area contributed by atoms with Crippen molar-refractivity contribution in [2.24, 2.45) is 0 Å². The predicted octanol–water partition coefficient (Wildman–Crippen LogP) is 7.48. The van der Waals surface area contributed by atoms with E-state index in [1.165, 1.54) is 0 Å². The quantitative estimate of drug-likeness (QED) is 0.0877. The summed E-state index contributed by atoms with van der Waals surface area (Å²) < 4.78 is 84.9. The van der Waals surface area contributed by atoms with Crippen molar-refractivity contribution in [2.75, 3.05) is 17.7 Å². The number of H-pyrrole nitrogens is 1. The van der Waals surface area contributed by atoms with Crippen LogP contribution in [0.1, 0.15) is 36.8 Å². The Morgan fingerprint density at radius 1 is 0.941 bits per heavy atom. The molecule has 7 N–H and O–H groups in total. The van der Waals surface area contributed by atoms with Crippen LogP contribution in [0.25, 0.3) is 22.0 Å². The van der Waals surface area contributed by atoms with Gasteiger partial charge in [0.2, 0.25) is 0 Å². The molecule has 11 nitrogen and oxygen atoms in total. The number of alkyl halides is 6. The second-order valence-electron chi connectivity index (χ2n) is 10.3. The molecule has 272 valence electrons. The van der Waals surface area contributed by atoms with E-state index in [4.69, 9.17) is 30.3 Å². The number of aromatic nitrogens is 3. The van der Waals surface area contributed by atoms with E-state index in [9.17, 15) is 31.4 Å². The Labute approximate surface area is 284 Å². The molecule has 0 amide bonds. The molecule has 0 aliphatic carbocycles. The number of hydrogen-bond acceptors (Lipinski definition) is 8. The number of para-hydroxylation sites is 1. The van der Waals surface area contributed by atoms with Crippen molar-refractivity contribution in [1.29, 1.82) is 0 Å². The number of anilines is 2. The van der Waals surface area contributed by atoms with E-state index >= 15 is 4.39 Å². The van der Waals surface area contributed by atoms with Gasteiger partial charge in [0, 0.05) is 28.4 Å². The van der Waals surface area contributed by atoms with Crippen LogP contribution in [0.4, 0.5) is 42.2 Å². The molecule has 51 heavy (non-hydrogen) atoms. The molecule has 5 aromatic rings. The molecule has 18 heteroatoms. The Hall–Kier alpha value is -6.07. The number of halogens is 7. The lowest BCUT2D eigenvalue weighted by Gasteiger charge is -2.22. The zero-order valence-corrected chi connectivity index (χ0v) is 26.6. The van der Waals surface area contributed by atoms with Crippen LogP contribution in [-0.2, 0) is 16.0 Å². The summed E-state index contributed by atoms with van der Waals surface area (Å²) in [7, 11) is 0. The number of nitrogens with two attached hydrogens (primary N) is 1. The molecular formula is C33H30F7N5O6. The number of phenolic OH excluding ortho intramolecular Hbond substituents is 1. The molecular weight excluding hydrogens is 695 g/mol. The number of imidazole rings is 1. The highest BCUT2D eigenvalue weighted by atomic mass is 19.4. The third-order valence-corrected chi connectivity index (χ3v) is 6.80. The van der Waals surface area contributed by atoms with Gasteiger partial charge in [0.25, 0.3) is 0 Å². The Morgan fingerprint density at radius 2 is 1.57 bits per heavy atom. The molecule has 0 spiro atoms. The summed E-state index contributed by atoms with van der Waals surface area (Å²) in [5, 5.41) is 29.8. The number of benzene rings is 3. The van der Waals surface area contributed by atoms with Crippen LogP contribution < -0.4 is 15.8 Å². The van der Waals surface area contributed by atoms with Gasteiger partial charge in [0.15, 0.2) is 11.6 Å². The molecule has 3 aromatic carbocycles. The highest BCUT2D eigenvalue weighted by Gasteiger charge is 2.39. The monoisotopic (exact) mass is 725 g/mol. The summed E-state index contributed by atoms with van der Waals surface area (Å²) >= 11 is 0. The summed E-state index contributed by atoms with van der Waals surface area (Å²) in [6.45, 7) is 4.19. The molecule has 1 atom stereocenters. The minimum Gasteiger partial charge on any atom is -0.507 e. The first-order valence-corrected chi connectivity index (χ1v) is 14.7. The van der Waals surface area contributed by atoms with E-state index in [-0.39, 0.29) is 11.5 Å². The molecule has 0 radical (unpaired) electrons. The van der Waals surface area contributed by atoms with E-state index in [1.807, 2.05) is 50.2 Å². The number of ether oxygens (including phenoxy) is 1. The molecule has 0 saturated carbocycles. The third kappa shape index (κ3) is 10.5. The molecule has 0 aliphatic rings.